The Morgan fingerprint density at radius 2 is 1.92 bits per heavy atom. The number of hydrogen-bond donors (Lipinski definition) is 2. The van der Waals surface area contributed by atoms with Crippen LogP contribution < -0.4 is 11.1 Å². The second-order valence-electron chi connectivity index (χ2n) is 6.95. The van der Waals surface area contributed by atoms with Crippen molar-refractivity contribution >= 4 is 24.2 Å². The minimum atomic E-state index is -0.388. The van der Waals surface area contributed by atoms with Crippen LogP contribution in [0.4, 0.5) is 0 Å². The second kappa shape index (κ2) is 10.4. The van der Waals surface area contributed by atoms with Gasteiger partial charge in [-0.1, -0.05) is 44.2 Å². The fourth-order valence-electron chi connectivity index (χ4n) is 3.13. The highest BCUT2D eigenvalue weighted by Crippen LogP contribution is 2.19. The molecule has 0 aromatic heterocycles. The lowest BCUT2D eigenvalue weighted by Gasteiger charge is -2.35. The number of nitrogens with zero attached hydrogens (tertiary/aromatic N) is 1. The first-order chi connectivity index (χ1) is 11.5. The Bertz CT molecular complexity index is 551. The Morgan fingerprint density at radius 1 is 1.24 bits per heavy atom. The molecule has 1 heterocycles. The van der Waals surface area contributed by atoms with Crippen molar-refractivity contribution in [3.05, 3.63) is 35.9 Å². The quantitative estimate of drug-likeness (QED) is 0.777. The Hall–Kier alpha value is -1.59. The molecule has 3 N–H and O–H groups in total. The molecule has 1 aliphatic heterocycles. The molecule has 2 unspecified atom stereocenters. The molecular weight excluding hydrogens is 338 g/mol. The van der Waals surface area contributed by atoms with E-state index in [1.165, 1.54) is 0 Å². The highest BCUT2D eigenvalue weighted by molar-refractivity contribution is 5.88. The molecule has 25 heavy (non-hydrogen) atoms. The number of rotatable bonds is 7. The number of amides is 2. The van der Waals surface area contributed by atoms with Gasteiger partial charge < -0.3 is 16.0 Å². The maximum Gasteiger partial charge on any atom is 0.242 e. The number of hydrogen-bond acceptors (Lipinski definition) is 3. The average molecular weight is 368 g/mol. The molecule has 2 amide bonds. The Balaban J connectivity index is 0.00000312. The molecule has 6 heteroatoms. The predicted molar refractivity (Wildman–Crippen MR) is 102 cm³/mol. The van der Waals surface area contributed by atoms with Gasteiger partial charge in [-0.25, -0.2) is 0 Å². The smallest absolute Gasteiger partial charge is 0.242 e. The summed E-state index contributed by atoms with van der Waals surface area (Å²) >= 11 is 0. The summed E-state index contributed by atoms with van der Waals surface area (Å²) in [5.74, 6) is 0.345. The van der Waals surface area contributed by atoms with E-state index in [9.17, 15) is 9.59 Å². The van der Waals surface area contributed by atoms with E-state index in [1.54, 1.807) is 4.90 Å². The first-order valence-electron chi connectivity index (χ1n) is 8.86. The van der Waals surface area contributed by atoms with Crippen molar-refractivity contribution < 1.29 is 9.59 Å². The SMILES string of the molecule is CC(C)CC(C(=O)NCC(N)c1ccccc1)N1CCCCC1=O.Cl. The number of nitrogens with one attached hydrogen (secondary N) is 1. The molecule has 140 valence electrons. The van der Waals surface area contributed by atoms with Gasteiger partial charge >= 0.3 is 0 Å². The maximum absolute atomic E-state index is 12.7. The van der Waals surface area contributed by atoms with Crippen molar-refractivity contribution in [2.75, 3.05) is 13.1 Å². The summed E-state index contributed by atoms with van der Waals surface area (Å²) in [6, 6.07) is 9.09. The molecule has 1 aromatic rings. The monoisotopic (exact) mass is 367 g/mol. The zero-order chi connectivity index (χ0) is 17.5. The minimum absolute atomic E-state index is 0. The highest BCUT2D eigenvalue weighted by Gasteiger charge is 2.31. The molecule has 1 aliphatic rings. The van der Waals surface area contributed by atoms with Crippen molar-refractivity contribution in [1.82, 2.24) is 10.2 Å². The highest BCUT2D eigenvalue weighted by atomic mass is 35.5. The van der Waals surface area contributed by atoms with Crippen LogP contribution in [0, 0.1) is 5.92 Å². The summed E-state index contributed by atoms with van der Waals surface area (Å²) in [4.78, 5) is 26.7. The van der Waals surface area contributed by atoms with E-state index in [2.05, 4.69) is 19.2 Å². The Kier molecular flexibility index (Phi) is 8.93. The number of likely N-dealkylation sites (tertiary alicyclic amines) is 1. The van der Waals surface area contributed by atoms with E-state index in [0.717, 1.165) is 18.4 Å². The van der Waals surface area contributed by atoms with Gasteiger partial charge in [0.1, 0.15) is 6.04 Å². The summed E-state index contributed by atoms with van der Waals surface area (Å²) in [6.45, 7) is 5.20. The topological polar surface area (TPSA) is 75.4 Å². The molecular formula is C19H30ClN3O2. The van der Waals surface area contributed by atoms with Gasteiger partial charge in [-0.05, 0) is 30.7 Å². The number of nitrogens with two attached hydrogens (primary N) is 1. The van der Waals surface area contributed by atoms with E-state index >= 15 is 0 Å². The predicted octanol–water partition coefficient (Wildman–Crippen LogP) is 2.65. The van der Waals surface area contributed by atoms with Crippen LogP contribution in [0.5, 0.6) is 0 Å². The van der Waals surface area contributed by atoms with Crippen LogP contribution in [0.15, 0.2) is 30.3 Å². The van der Waals surface area contributed by atoms with E-state index in [-0.39, 0.29) is 36.3 Å². The molecule has 2 rings (SSSR count). The summed E-state index contributed by atoms with van der Waals surface area (Å²) in [5.41, 5.74) is 7.15. The molecule has 1 fully saturated rings. The lowest BCUT2D eigenvalue weighted by atomic mass is 9.98. The second-order valence-corrected chi connectivity index (χ2v) is 6.95. The van der Waals surface area contributed by atoms with Crippen LogP contribution in [0.25, 0.3) is 0 Å². The molecule has 0 radical (unpaired) electrons. The summed E-state index contributed by atoms with van der Waals surface area (Å²) in [5, 5.41) is 2.95. The lowest BCUT2D eigenvalue weighted by Crippen LogP contribution is -2.52. The van der Waals surface area contributed by atoms with Gasteiger partial charge in [0.2, 0.25) is 11.8 Å². The van der Waals surface area contributed by atoms with E-state index in [0.29, 0.717) is 31.8 Å². The number of carbonyl (C=O) groups is 2. The van der Waals surface area contributed by atoms with Crippen LogP contribution >= 0.6 is 12.4 Å². The standard InChI is InChI=1S/C19H29N3O2.ClH/c1-14(2)12-17(22-11-7-6-10-18(22)23)19(24)21-13-16(20)15-8-4-3-5-9-15;/h3-5,8-9,14,16-17H,6-7,10-13,20H2,1-2H3,(H,21,24);1H. The number of benzene rings is 1. The summed E-state index contributed by atoms with van der Waals surface area (Å²) < 4.78 is 0. The fraction of sp³-hybridized carbons (Fsp3) is 0.579. The third kappa shape index (κ3) is 6.33. The van der Waals surface area contributed by atoms with E-state index in [1.807, 2.05) is 30.3 Å². The van der Waals surface area contributed by atoms with Crippen molar-refractivity contribution in [1.29, 1.82) is 0 Å². The Labute approximate surface area is 156 Å². The maximum atomic E-state index is 12.7. The number of halogens is 1. The zero-order valence-electron chi connectivity index (χ0n) is 15.1. The van der Waals surface area contributed by atoms with Crippen molar-refractivity contribution in [3.63, 3.8) is 0 Å². The van der Waals surface area contributed by atoms with Gasteiger partial charge in [0.15, 0.2) is 0 Å². The molecule has 0 saturated carbocycles. The first kappa shape index (κ1) is 21.5. The van der Waals surface area contributed by atoms with Gasteiger partial charge in [0.25, 0.3) is 0 Å². The molecule has 0 aliphatic carbocycles. The molecule has 5 nitrogen and oxygen atoms in total. The van der Waals surface area contributed by atoms with Crippen LogP contribution in [-0.4, -0.2) is 35.8 Å². The van der Waals surface area contributed by atoms with Crippen LogP contribution in [0.1, 0.15) is 51.1 Å². The molecule has 0 bridgehead atoms. The van der Waals surface area contributed by atoms with Crippen molar-refractivity contribution in [2.24, 2.45) is 11.7 Å². The molecule has 2 atom stereocenters. The molecule has 1 aromatic carbocycles. The third-order valence-electron chi connectivity index (χ3n) is 4.46. The zero-order valence-corrected chi connectivity index (χ0v) is 15.9. The third-order valence-corrected chi connectivity index (χ3v) is 4.46. The van der Waals surface area contributed by atoms with E-state index < -0.39 is 0 Å². The van der Waals surface area contributed by atoms with Crippen molar-refractivity contribution in [2.45, 2.75) is 51.6 Å². The largest absolute Gasteiger partial charge is 0.352 e. The first-order valence-corrected chi connectivity index (χ1v) is 8.86. The Morgan fingerprint density at radius 3 is 2.52 bits per heavy atom. The van der Waals surface area contributed by atoms with Crippen molar-refractivity contribution in [3.8, 4) is 0 Å². The fourth-order valence-corrected chi connectivity index (χ4v) is 3.13. The van der Waals surface area contributed by atoms with Gasteiger partial charge in [0, 0.05) is 25.6 Å². The van der Waals surface area contributed by atoms with E-state index in [4.69, 9.17) is 5.73 Å². The van der Waals surface area contributed by atoms with Gasteiger partial charge in [-0.2, -0.15) is 0 Å². The number of carbonyl (C=O) groups excluding carboxylic acids is 2. The minimum Gasteiger partial charge on any atom is -0.352 e. The van der Waals surface area contributed by atoms with Gasteiger partial charge in [-0.15, -0.1) is 12.4 Å². The van der Waals surface area contributed by atoms with Crippen LogP contribution in [-0.2, 0) is 9.59 Å². The normalized spacial score (nSPS) is 17.0. The molecule has 1 saturated heterocycles. The molecule has 0 spiro atoms. The van der Waals surface area contributed by atoms with Crippen LogP contribution in [0.3, 0.4) is 0 Å². The summed E-state index contributed by atoms with van der Waals surface area (Å²) in [6.07, 6.45) is 3.12. The van der Waals surface area contributed by atoms with Gasteiger partial charge in [0.05, 0.1) is 0 Å². The van der Waals surface area contributed by atoms with Gasteiger partial charge in [-0.3, -0.25) is 9.59 Å². The number of piperidine rings is 1. The average Bonchev–Trinajstić information content (AvgIpc) is 2.58. The lowest BCUT2D eigenvalue weighted by molar-refractivity contribution is -0.143. The van der Waals surface area contributed by atoms with Crippen LogP contribution in [0.2, 0.25) is 0 Å². The summed E-state index contributed by atoms with van der Waals surface area (Å²) in [7, 11) is 0.